The summed E-state index contributed by atoms with van der Waals surface area (Å²) in [6, 6.07) is 0.132. The van der Waals surface area contributed by atoms with Crippen LogP contribution in [-0.2, 0) is 4.74 Å². The summed E-state index contributed by atoms with van der Waals surface area (Å²) in [6.07, 6.45) is 1.34. The van der Waals surface area contributed by atoms with Crippen molar-refractivity contribution in [2.45, 2.75) is 18.9 Å². The number of hydrogen-bond acceptors (Lipinski definition) is 4. The molecule has 15 heavy (non-hydrogen) atoms. The third-order valence-corrected chi connectivity index (χ3v) is 2.76. The number of likely N-dealkylation sites (N-methyl/N-ethyl adjacent to an activating group) is 1. The van der Waals surface area contributed by atoms with E-state index in [1.54, 1.807) is 0 Å². The van der Waals surface area contributed by atoms with E-state index >= 15 is 0 Å². The number of amides is 1. The molecule has 2 unspecified atom stereocenters. The van der Waals surface area contributed by atoms with Gasteiger partial charge in [-0.05, 0) is 25.8 Å². The minimum absolute atomic E-state index is 0.132. The lowest BCUT2D eigenvalue weighted by molar-refractivity contribution is 0.127. The first-order chi connectivity index (χ1) is 7.15. The maximum atomic E-state index is 11.0. The first kappa shape index (κ1) is 12.3. The standard InChI is InChI=1S/C10H20N2O3/c1-12-6-8(3-4-13)5-9(7-12)11-10(14)15-2/h8-9,13H,3-7H2,1-2H3,(H,11,14). The number of aliphatic hydroxyl groups is 1. The van der Waals surface area contributed by atoms with Crippen LogP contribution in [0.2, 0.25) is 0 Å². The van der Waals surface area contributed by atoms with Gasteiger partial charge in [-0.15, -0.1) is 0 Å². The molecule has 1 heterocycles. The maximum Gasteiger partial charge on any atom is 0.407 e. The van der Waals surface area contributed by atoms with Crippen molar-refractivity contribution in [1.29, 1.82) is 0 Å². The third-order valence-electron chi connectivity index (χ3n) is 2.76. The molecule has 0 saturated carbocycles. The molecule has 1 rings (SSSR count). The molecule has 0 bridgehead atoms. The van der Waals surface area contributed by atoms with Crippen LogP contribution < -0.4 is 5.32 Å². The fourth-order valence-electron chi connectivity index (χ4n) is 2.16. The van der Waals surface area contributed by atoms with E-state index in [4.69, 9.17) is 5.11 Å². The largest absolute Gasteiger partial charge is 0.453 e. The number of aliphatic hydroxyl groups excluding tert-OH is 1. The molecule has 1 aliphatic rings. The van der Waals surface area contributed by atoms with Crippen LogP contribution >= 0.6 is 0 Å². The van der Waals surface area contributed by atoms with Gasteiger partial charge in [-0.2, -0.15) is 0 Å². The maximum absolute atomic E-state index is 11.0. The SMILES string of the molecule is COC(=O)NC1CC(CCO)CN(C)C1. The number of ether oxygens (including phenoxy) is 1. The van der Waals surface area contributed by atoms with Crippen LogP contribution in [0, 0.1) is 5.92 Å². The van der Waals surface area contributed by atoms with Gasteiger partial charge in [0.25, 0.3) is 0 Å². The van der Waals surface area contributed by atoms with Crippen molar-refractivity contribution in [3.05, 3.63) is 0 Å². The van der Waals surface area contributed by atoms with Crippen LogP contribution in [0.1, 0.15) is 12.8 Å². The Morgan fingerprint density at radius 1 is 1.60 bits per heavy atom. The molecule has 0 aromatic heterocycles. The lowest BCUT2D eigenvalue weighted by Gasteiger charge is -2.35. The molecule has 88 valence electrons. The van der Waals surface area contributed by atoms with Crippen LogP contribution in [0.4, 0.5) is 4.79 Å². The second-order valence-electron chi connectivity index (χ2n) is 4.17. The highest BCUT2D eigenvalue weighted by Gasteiger charge is 2.25. The first-order valence-corrected chi connectivity index (χ1v) is 5.29. The van der Waals surface area contributed by atoms with Crippen LogP contribution in [0.5, 0.6) is 0 Å². The van der Waals surface area contributed by atoms with E-state index in [9.17, 15) is 4.79 Å². The van der Waals surface area contributed by atoms with Gasteiger partial charge in [0.1, 0.15) is 0 Å². The second kappa shape index (κ2) is 5.92. The predicted molar refractivity (Wildman–Crippen MR) is 56.6 cm³/mol. The molecule has 2 N–H and O–H groups in total. The summed E-state index contributed by atoms with van der Waals surface area (Å²) in [4.78, 5) is 13.2. The van der Waals surface area contributed by atoms with Crippen molar-refractivity contribution in [3.8, 4) is 0 Å². The van der Waals surface area contributed by atoms with Crippen LogP contribution in [0.25, 0.3) is 0 Å². The van der Waals surface area contributed by atoms with Crippen LogP contribution in [0.3, 0.4) is 0 Å². The van der Waals surface area contributed by atoms with Crippen molar-refractivity contribution in [2.75, 3.05) is 33.9 Å². The van der Waals surface area contributed by atoms with Crippen molar-refractivity contribution >= 4 is 6.09 Å². The van der Waals surface area contributed by atoms with E-state index in [-0.39, 0.29) is 18.7 Å². The van der Waals surface area contributed by atoms with Gasteiger partial charge in [-0.3, -0.25) is 0 Å². The highest BCUT2D eigenvalue weighted by Crippen LogP contribution is 2.18. The number of piperidine rings is 1. The molecule has 2 atom stereocenters. The first-order valence-electron chi connectivity index (χ1n) is 5.29. The second-order valence-corrected chi connectivity index (χ2v) is 4.17. The highest BCUT2D eigenvalue weighted by atomic mass is 16.5. The summed E-state index contributed by atoms with van der Waals surface area (Å²) in [6.45, 7) is 2.04. The fraction of sp³-hybridized carbons (Fsp3) is 0.900. The minimum Gasteiger partial charge on any atom is -0.453 e. The number of methoxy groups -OCH3 is 1. The van der Waals surface area contributed by atoms with E-state index in [2.05, 4.69) is 15.0 Å². The summed E-state index contributed by atoms with van der Waals surface area (Å²) in [5.41, 5.74) is 0. The van der Waals surface area contributed by atoms with Gasteiger partial charge in [-0.25, -0.2) is 4.79 Å². The van der Waals surface area contributed by atoms with E-state index < -0.39 is 0 Å². The Kier molecular flexibility index (Phi) is 4.84. The van der Waals surface area contributed by atoms with E-state index in [1.165, 1.54) is 7.11 Å². The zero-order chi connectivity index (χ0) is 11.3. The predicted octanol–water partition coefficient (Wildman–Crippen LogP) is 0.0451. The molecular formula is C10H20N2O3. The van der Waals surface area contributed by atoms with Crippen molar-refractivity contribution < 1.29 is 14.6 Å². The molecule has 0 aromatic rings. The van der Waals surface area contributed by atoms with E-state index in [0.29, 0.717) is 5.92 Å². The number of hydrogen-bond donors (Lipinski definition) is 2. The van der Waals surface area contributed by atoms with Crippen LogP contribution in [0.15, 0.2) is 0 Å². The number of carbonyl (C=O) groups is 1. The summed E-state index contributed by atoms with van der Waals surface area (Å²) < 4.78 is 4.57. The third kappa shape index (κ3) is 4.05. The number of alkyl carbamates (subject to hydrolysis) is 1. The van der Waals surface area contributed by atoms with E-state index in [1.807, 2.05) is 7.05 Å². The van der Waals surface area contributed by atoms with Gasteiger partial charge >= 0.3 is 6.09 Å². The fourth-order valence-corrected chi connectivity index (χ4v) is 2.16. The summed E-state index contributed by atoms with van der Waals surface area (Å²) >= 11 is 0. The number of rotatable bonds is 3. The van der Waals surface area contributed by atoms with Gasteiger partial charge in [0.15, 0.2) is 0 Å². The van der Waals surface area contributed by atoms with Gasteiger partial charge in [0, 0.05) is 25.7 Å². The Morgan fingerprint density at radius 2 is 2.33 bits per heavy atom. The van der Waals surface area contributed by atoms with Gasteiger partial charge in [-0.1, -0.05) is 0 Å². The van der Waals surface area contributed by atoms with Gasteiger partial charge < -0.3 is 20.1 Å². The smallest absolute Gasteiger partial charge is 0.407 e. The number of carbonyl (C=O) groups excluding carboxylic acids is 1. The molecule has 1 amide bonds. The molecule has 5 nitrogen and oxygen atoms in total. The molecule has 1 aliphatic heterocycles. The Morgan fingerprint density at radius 3 is 2.93 bits per heavy atom. The quantitative estimate of drug-likeness (QED) is 0.699. The number of nitrogens with zero attached hydrogens (tertiary/aromatic N) is 1. The lowest BCUT2D eigenvalue weighted by Crippen LogP contribution is -2.49. The van der Waals surface area contributed by atoms with Crippen molar-refractivity contribution in [3.63, 3.8) is 0 Å². The molecule has 0 radical (unpaired) electrons. The Labute approximate surface area is 90.4 Å². The highest BCUT2D eigenvalue weighted by molar-refractivity contribution is 5.67. The number of likely N-dealkylation sites (tertiary alicyclic amines) is 1. The molecule has 1 saturated heterocycles. The summed E-state index contributed by atoms with van der Waals surface area (Å²) in [5, 5.41) is 11.7. The summed E-state index contributed by atoms with van der Waals surface area (Å²) in [5.74, 6) is 0.455. The molecular weight excluding hydrogens is 196 g/mol. The van der Waals surface area contributed by atoms with Crippen molar-refractivity contribution in [2.24, 2.45) is 5.92 Å². The monoisotopic (exact) mass is 216 g/mol. The van der Waals surface area contributed by atoms with Crippen molar-refractivity contribution in [1.82, 2.24) is 10.2 Å². The minimum atomic E-state index is -0.377. The summed E-state index contributed by atoms with van der Waals surface area (Å²) in [7, 11) is 3.39. The zero-order valence-electron chi connectivity index (χ0n) is 9.40. The molecule has 0 aliphatic carbocycles. The lowest BCUT2D eigenvalue weighted by atomic mass is 9.92. The molecule has 0 aromatic carbocycles. The Balaban J connectivity index is 2.40. The normalized spacial score (nSPS) is 27.4. The number of nitrogens with one attached hydrogen (secondary N) is 1. The average molecular weight is 216 g/mol. The Hall–Kier alpha value is -0.810. The van der Waals surface area contributed by atoms with E-state index in [0.717, 1.165) is 25.9 Å². The zero-order valence-corrected chi connectivity index (χ0v) is 9.40. The molecule has 5 heteroatoms. The van der Waals surface area contributed by atoms with Crippen LogP contribution in [-0.4, -0.2) is 56.0 Å². The van der Waals surface area contributed by atoms with Gasteiger partial charge in [0.05, 0.1) is 7.11 Å². The Bertz CT molecular complexity index is 211. The topological polar surface area (TPSA) is 61.8 Å². The van der Waals surface area contributed by atoms with Gasteiger partial charge in [0.2, 0.25) is 0 Å². The molecule has 1 fully saturated rings. The average Bonchev–Trinajstić information content (AvgIpc) is 2.17. The molecule has 0 spiro atoms.